The Morgan fingerprint density at radius 2 is 2.22 bits per heavy atom. The molecule has 0 radical (unpaired) electrons. The van der Waals surface area contributed by atoms with E-state index >= 15 is 0 Å². The quantitative estimate of drug-likeness (QED) is 0.890. The molecule has 2 aromatic rings. The van der Waals surface area contributed by atoms with Gasteiger partial charge in [0.25, 0.3) is 10.0 Å². The number of nitrogens with one attached hydrogen (secondary N) is 2. The largest absolute Gasteiger partial charge is 0.280 e. The predicted octanol–water partition coefficient (Wildman–Crippen LogP) is 2.91. The number of aromatic amines is 1. The molecule has 2 N–H and O–H groups in total. The first kappa shape index (κ1) is 13.6. The fourth-order valence-electron chi connectivity index (χ4n) is 1.49. The van der Waals surface area contributed by atoms with Crippen molar-refractivity contribution in [2.45, 2.75) is 25.2 Å². The molecule has 2 heterocycles. The van der Waals surface area contributed by atoms with E-state index in [-0.39, 0.29) is 4.90 Å². The summed E-state index contributed by atoms with van der Waals surface area (Å²) in [5.41, 5.74) is 0.885. The van der Waals surface area contributed by atoms with Gasteiger partial charge in [-0.25, -0.2) is 8.42 Å². The third-order valence-corrected chi connectivity index (χ3v) is 5.55. The molecule has 0 fully saturated rings. The Labute approximate surface area is 118 Å². The number of rotatable bonds is 4. The van der Waals surface area contributed by atoms with Crippen LogP contribution in [0, 0.1) is 6.92 Å². The number of thiophene rings is 1. The maximum Gasteiger partial charge on any atom is 0.264 e. The first-order chi connectivity index (χ1) is 8.42. The molecule has 0 aliphatic heterocycles. The smallest absolute Gasteiger partial charge is 0.264 e. The Kier molecular flexibility index (Phi) is 3.79. The molecule has 2 rings (SSSR count). The van der Waals surface area contributed by atoms with Gasteiger partial charge in [-0.1, -0.05) is 6.92 Å². The average Bonchev–Trinajstić information content (AvgIpc) is 2.84. The van der Waals surface area contributed by atoms with Crippen molar-refractivity contribution in [3.05, 3.63) is 26.5 Å². The van der Waals surface area contributed by atoms with E-state index in [2.05, 4.69) is 30.8 Å². The molecule has 0 saturated carbocycles. The SMILES string of the molecule is CCc1cc(NS(=O)(=O)c2cc(Br)sc2C)n[nH]1. The van der Waals surface area contributed by atoms with E-state index in [4.69, 9.17) is 0 Å². The lowest BCUT2D eigenvalue weighted by molar-refractivity contribution is 0.601. The van der Waals surface area contributed by atoms with Crippen molar-refractivity contribution in [3.63, 3.8) is 0 Å². The summed E-state index contributed by atoms with van der Waals surface area (Å²) < 4.78 is 27.6. The highest BCUT2D eigenvalue weighted by molar-refractivity contribution is 9.11. The summed E-state index contributed by atoms with van der Waals surface area (Å²) in [7, 11) is -3.57. The standard InChI is InChI=1S/C10H12BrN3O2S2/c1-3-7-4-10(13-12-7)14-18(15,16)8-5-9(11)17-6(8)2/h4-5H,3H2,1-2H3,(H2,12,13,14). The number of nitrogens with zero attached hydrogens (tertiary/aromatic N) is 1. The molecule has 0 amide bonds. The minimum absolute atomic E-state index is 0.278. The zero-order chi connectivity index (χ0) is 13.3. The van der Waals surface area contributed by atoms with Crippen LogP contribution in [0.15, 0.2) is 20.8 Å². The highest BCUT2D eigenvalue weighted by Gasteiger charge is 2.20. The summed E-state index contributed by atoms with van der Waals surface area (Å²) in [6, 6.07) is 3.28. The van der Waals surface area contributed by atoms with Crippen LogP contribution in [0.4, 0.5) is 5.82 Å². The monoisotopic (exact) mass is 349 g/mol. The summed E-state index contributed by atoms with van der Waals surface area (Å²) in [5, 5.41) is 6.68. The Hall–Kier alpha value is -0.860. The van der Waals surface area contributed by atoms with Gasteiger partial charge in [0.15, 0.2) is 5.82 Å². The Balaban J connectivity index is 2.29. The summed E-state index contributed by atoms with van der Waals surface area (Å²) in [4.78, 5) is 1.01. The lowest BCUT2D eigenvalue weighted by Crippen LogP contribution is -2.13. The van der Waals surface area contributed by atoms with Crippen molar-refractivity contribution < 1.29 is 8.42 Å². The normalized spacial score (nSPS) is 11.7. The number of aryl methyl sites for hydroxylation is 2. The molecule has 2 aromatic heterocycles. The first-order valence-corrected chi connectivity index (χ1v) is 8.34. The van der Waals surface area contributed by atoms with E-state index in [1.807, 2.05) is 6.92 Å². The van der Waals surface area contributed by atoms with E-state index in [1.165, 1.54) is 11.3 Å². The fraction of sp³-hybridized carbons (Fsp3) is 0.300. The molecule has 0 atom stereocenters. The molecule has 98 valence electrons. The molecule has 0 aliphatic carbocycles. The molecular formula is C10H12BrN3O2S2. The zero-order valence-corrected chi connectivity index (χ0v) is 13.0. The lowest BCUT2D eigenvalue weighted by atomic mass is 10.3. The minimum Gasteiger partial charge on any atom is -0.280 e. The molecule has 5 nitrogen and oxygen atoms in total. The zero-order valence-electron chi connectivity index (χ0n) is 9.82. The van der Waals surface area contributed by atoms with Gasteiger partial charge in [-0.3, -0.25) is 9.82 Å². The van der Waals surface area contributed by atoms with E-state index in [0.717, 1.165) is 20.8 Å². The second kappa shape index (κ2) is 5.02. The molecule has 0 saturated heterocycles. The van der Waals surface area contributed by atoms with Crippen LogP contribution in [0.25, 0.3) is 0 Å². The van der Waals surface area contributed by atoms with E-state index < -0.39 is 10.0 Å². The molecule has 0 spiro atoms. The van der Waals surface area contributed by atoms with Crippen molar-refractivity contribution >= 4 is 43.1 Å². The van der Waals surface area contributed by atoms with Crippen LogP contribution in [-0.4, -0.2) is 18.6 Å². The number of hydrogen-bond acceptors (Lipinski definition) is 4. The van der Waals surface area contributed by atoms with Crippen LogP contribution in [0.1, 0.15) is 17.5 Å². The molecule has 0 unspecified atom stereocenters. The van der Waals surface area contributed by atoms with Gasteiger partial charge < -0.3 is 0 Å². The van der Waals surface area contributed by atoms with Gasteiger partial charge in [-0.2, -0.15) is 5.10 Å². The summed E-state index contributed by atoms with van der Waals surface area (Å²) in [6.07, 6.45) is 0.776. The van der Waals surface area contributed by atoms with Crippen molar-refractivity contribution in [2.75, 3.05) is 4.72 Å². The van der Waals surface area contributed by atoms with Gasteiger partial charge in [0.05, 0.1) is 3.79 Å². The number of H-pyrrole nitrogens is 1. The predicted molar refractivity (Wildman–Crippen MR) is 75.5 cm³/mol. The van der Waals surface area contributed by atoms with Gasteiger partial charge in [-0.15, -0.1) is 11.3 Å². The second-order valence-corrected chi connectivity index (χ2v) is 7.99. The average molecular weight is 350 g/mol. The Morgan fingerprint density at radius 1 is 1.50 bits per heavy atom. The molecule has 0 aliphatic rings. The van der Waals surface area contributed by atoms with Gasteiger partial charge in [0.2, 0.25) is 0 Å². The van der Waals surface area contributed by atoms with Crippen LogP contribution >= 0.6 is 27.3 Å². The maximum absolute atomic E-state index is 12.2. The van der Waals surface area contributed by atoms with Gasteiger partial charge in [0.1, 0.15) is 4.90 Å². The lowest BCUT2D eigenvalue weighted by Gasteiger charge is -2.03. The number of sulfonamides is 1. The van der Waals surface area contributed by atoms with E-state index in [1.54, 1.807) is 19.1 Å². The number of halogens is 1. The fourth-order valence-corrected chi connectivity index (χ4v) is 4.89. The van der Waals surface area contributed by atoms with Crippen molar-refractivity contribution in [1.29, 1.82) is 0 Å². The summed E-state index contributed by atoms with van der Waals surface area (Å²) in [5.74, 6) is 0.313. The van der Waals surface area contributed by atoms with Crippen molar-refractivity contribution in [3.8, 4) is 0 Å². The number of hydrogen-bond donors (Lipinski definition) is 2. The summed E-state index contributed by atoms with van der Waals surface area (Å²) in [6.45, 7) is 3.73. The van der Waals surface area contributed by atoms with Crippen molar-refractivity contribution in [1.82, 2.24) is 10.2 Å². The van der Waals surface area contributed by atoms with Crippen LogP contribution in [-0.2, 0) is 16.4 Å². The molecule has 0 aromatic carbocycles. The molecule has 18 heavy (non-hydrogen) atoms. The third-order valence-electron chi connectivity index (χ3n) is 2.38. The topological polar surface area (TPSA) is 74.8 Å². The molecular weight excluding hydrogens is 338 g/mol. The first-order valence-electron chi connectivity index (χ1n) is 5.25. The van der Waals surface area contributed by atoms with E-state index in [9.17, 15) is 8.42 Å². The van der Waals surface area contributed by atoms with Crippen LogP contribution in [0.5, 0.6) is 0 Å². The highest BCUT2D eigenvalue weighted by atomic mass is 79.9. The van der Waals surface area contributed by atoms with Crippen molar-refractivity contribution in [2.24, 2.45) is 0 Å². The Morgan fingerprint density at radius 3 is 2.72 bits per heavy atom. The number of aromatic nitrogens is 2. The van der Waals surface area contributed by atoms with Gasteiger partial charge in [-0.05, 0) is 35.3 Å². The molecule has 8 heteroatoms. The van der Waals surface area contributed by atoms with Gasteiger partial charge >= 0.3 is 0 Å². The number of anilines is 1. The van der Waals surface area contributed by atoms with E-state index in [0.29, 0.717) is 5.82 Å². The van der Waals surface area contributed by atoms with Crippen LogP contribution in [0.2, 0.25) is 0 Å². The molecule has 0 bridgehead atoms. The maximum atomic E-state index is 12.2. The Bertz CT molecular complexity index is 660. The minimum atomic E-state index is -3.57. The summed E-state index contributed by atoms with van der Waals surface area (Å²) >= 11 is 4.67. The van der Waals surface area contributed by atoms with Crippen LogP contribution < -0.4 is 4.72 Å². The second-order valence-electron chi connectivity index (χ2n) is 3.71. The highest BCUT2D eigenvalue weighted by Crippen LogP contribution is 2.30. The third kappa shape index (κ3) is 2.76. The van der Waals surface area contributed by atoms with Gasteiger partial charge in [0, 0.05) is 16.6 Å². The van der Waals surface area contributed by atoms with Crippen LogP contribution in [0.3, 0.4) is 0 Å².